The van der Waals surface area contributed by atoms with Crippen molar-refractivity contribution in [2.24, 2.45) is 0 Å². The van der Waals surface area contributed by atoms with Gasteiger partial charge in [-0.1, -0.05) is 17.7 Å². The molecule has 0 spiro atoms. The average Bonchev–Trinajstić information content (AvgIpc) is 3.10. The number of pyridine rings is 1. The molecule has 1 atom stereocenters. The minimum absolute atomic E-state index is 0.0616. The van der Waals surface area contributed by atoms with E-state index in [4.69, 9.17) is 16.3 Å². The van der Waals surface area contributed by atoms with Crippen LogP contribution in [0.3, 0.4) is 0 Å². The number of piperazine rings is 1. The molecule has 0 radical (unpaired) electrons. The van der Waals surface area contributed by atoms with Crippen molar-refractivity contribution in [3.63, 3.8) is 0 Å². The maximum absolute atomic E-state index is 6.28. The van der Waals surface area contributed by atoms with Crippen LogP contribution in [0.1, 0.15) is 11.4 Å². The van der Waals surface area contributed by atoms with E-state index in [1.807, 2.05) is 30.5 Å². The van der Waals surface area contributed by atoms with E-state index >= 15 is 0 Å². The van der Waals surface area contributed by atoms with Crippen LogP contribution in [-0.4, -0.2) is 59.1 Å². The fourth-order valence-corrected chi connectivity index (χ4v) is 4.39. The van der Waals surface area contributed by atoms with E-state index in [9.17, 15) is 0 Å². The second-order valence-corrected chi connectivity index (χ2v) is 7.89. The monoisotopic (exact) mass is 410 g/mol. The summed E-state index contributed by atoms with van der Waals surface area (Å²) in [4.78, 5) is 9.09. The summed E-state index contributed by atoms with van der Waals surface area (Å²) in [5, 5.41) is 9.82. The SMILES string of the molecule is COC1Cc2cc(Cl)ccc2-n2c(nnc2N2CCN(c3ccccn3)CC2)C1. The number of rotatable bonds is 3. The van der Waals surface area contributed by atoms with Crippen LogP contribution in [0.25, 0.3) is 5.69 Å². The third kappa shape index (κ3) is 3.45. The van der Waals surface area contributed by atoms with E-state index in [0.717, 1.165) is 72.9 Å². The molecular formula is C21H23ClN6O. The van der Waals surface area contributed by atoms with E-state index in [2.05, 4.69) is 41.7 Å². The summed E-state index contributed by atoms with van der Waals surface area (Å²) in [5.41, 5.74) is 2.26. The van der Waals surface area contributed by atoms with Gasteiger partial charge < -0.3 is 14.5 Å². The van der Waals surface area contributed by atoms with Gasteiger partial charge in [0.05, 0.1) is 11.8 Å². The predicted molar refractivity (Wildman–Crippen MR) is 113 cm³/mol. The summed E-state index contributed by atoms with van der Waals surface area (Å²) in [6, 6.07) is 12.1. The summed E-state index contributed by atoms with van der Waals surface area (Å²) in [5.74, 6) is 2.84. The molecule has 0 N–H and O–H groups in total. The van der Waals surface area contributed by atoms with Crippen molar-refractivity contribution in [2.45, 2.75) is 18.9 Å². The number of methoxy groups -OCH3 is 1. The highest BCUT2D eigenvalue weighted by molar-refractivity contribution is 6.30. The highest BCUT2D eigenvalue weighted by Crippen LogP contribution is 2.31. The lowest BCUT2D eigenvalue weighted by Gasteiger charge is -2.35. The lowest BCUT2D eigenvalue weighted by molar-refractivity contribution is 0.103. The molecule has 150 valence electrons. The molecule has 7 nitrogen and oxygen atoms in total. The van der Waals surface area contributed by atoms with Gasteiger partial charge in [0, 0.05) is 57.3 Å². The zero-order valence-corrected chi connectivity index (χ0v) is 17.1. The lowest BCUT2D eigenvalue weighted by atomic mass is 10.1. The molecule has 4 heterocycles. The molecule has 1 unspecified atom stereocenters. The number of ether oxygens (including phenoxy) is 1. The van der Waals surface area contributed by atoms with Crippen molar-refractivity contribution < 1.29 is 4.74 Å². The molecule has 5 rings (SSSR count). The fraction of sp³-hybridized carbons (Fsp3) is 0.381. The number of benzene rings is 1. The molecule has 0 saturated carbocycles. The zero-order chi connectivity index (χ0) is 19.8. The Hall–Kier alpha value is -2.64. The molecule has 2 aliphatic rings. The third-order valence-corrected chi connectivity index (χ3v) is 5.96. The number of nitrogens with zero attached hydrogens (tertiary/aromatic N) is 6. The Bertz CT molecular complexity index is 1000. The van der Waals surface area contributed by atoms with Crippen molar-refractivity contribution in [1.29, 1.82) is 0 Å². The molecule has 1 saturated heterocycles. The van der Waals surface area contributed by atoms with E-state index in [-0.39, 0.29) is 6.10 Å². The van der Waals surface area contributed by atoms with Crippen LogP contribution in [0.4, 0.5) is 11.8 Å². The molecule has 0 bridgehead atoms. The Labute approximate surface area is 174 Å². The Morgan fingerprint density at radius 3 is 2.59 bits per heavy atom. The minimum Gasteiger partial charge on any atom is -0.381 e. The Morgan fingerprint density at radius 2 is 1.83 bits per heavy atom. The van der Waals surface area contributed by atoms with Crippen LogP contribution >= 0.6 is 11.6 Å². The van der Waals surface area contributed by atoms with Gasteiger partial charge in [0.25, 0.3) is 0 Å². The van der Waals surface area contributed by atoms with Crippen molar-refractivity contribution in [2.75, 3.05) is 43.1 Å². The van der Waals surface area contributed by atoms with Gasteiger partial charge in [-0.25, -0.2) is 4.98 Å². The largest absolute Gasteiger partial charge is 0.381 e. The van der Waals surface area contributed by atoms with Gasteiger partial charge >= 0.3 is 0 Å². The van der Waals surface area contributed by atoms with Crippen LogP contribution in [0.2, 0.25) is 5.02 Å². The van der Waals surface area contributed by atoms with E-state index in [1.165, 1.54) is 0 Å². The number of aromatic nitrogens is 4. The first-order chi connectivity index (χ1) is 14.2. The second kappa shape index (κ2) is 7.65. The summed E-state index contributed by atoms with van der Waals surface area (Å²) in [6.07, 6.45) is 3.44. The standard InChI is InChI=1S/C21H23ClN6O/c1-29-17-13-15-12-16(22)5-6-18(15)28-20(14-17)24-25-21(28)27-10-8-26(9-11-27)19-4-2-3-7-23-19/h2-7,12,17H,8-11,13-14H2,1H3. The van der Waals surface area contributed by atoms with Gasteiger partial charge in [0.15, 0.2) is 0 Å². The van der Waals surface area contributed by atoms with Crippen LogP contribution in [-0.2, 0) is 17.6 Å². The van der Waals surface area contributed by atoms with Crippen LogP contribution < -0.4 is 9.80 Å². The molecule has 0 amide bonds. The summed E-state index contributed by atoms with van der Waals surface area (Å²) < 4.78 is 7.87. The molecule has 2 aromatic heterocycles. The van der Waals surface area contributed by atoms with Crippen molar-refractivity contribution >= 4 is 23.4 Å². The van der Waals surface area contributed by atoms with Gasteiger partial charge in [0.2, 0.25) is 5.95 Å². The Balaban J connectivity index is 1.46. The van der Waals surface area contributed by atoms with Gasteiger partial charge in [-0.3, -0.25) is 4.57 Å². The number of anilines is 2. The van der Waals surface area contributed by atoms with Gasteiger partial charge in [-0.15, -0.1) is 10.2 Å². The molecule has 3 aromatic rings. The zero-order valence-electron chi connectivity index (χ0n) is 16.3. The van der Waals surface area contributed by atoms with E-state index < -0.39 is 0 Å². The maximum Gasteiger partial charge on any atom is 0.232 e. The average molecular weight is 411 g/mol. The highest BCUT2D eigenvalue weighted by atomic mass is 35.5. The molecule has 1 aromatic carbocycles. The number of hydrogen-bond donors (Lipinski definition) is 0. The van der Waals surface area contributed by atoms with Crippen molar-refractivity contribution in [3.05, 3.63) is 59.0 Å². The van der Waals surface area contributed by atoms with Crippen molar-refractivity contribution in [1.82, 2.24) is 19.7 Å². The maximum atomic E-state index is 6.28. The highest BCUT2D eigenvalue weighted by Gasteiger charge is 2.29. The van der Waals surface area contributed by atoms with Crippen LogP contribution in [0.15, 0.2) is 42.6 Å². The Morgan fingerprint density at radius 1 is 1.00 bits per heavy atom. The predicted octanol–water partition coefficient (Wildman–Crippen LogP) is 2.76. The first kappa shape index (κ1) is 18.4. The topological polar surface area (TPSA) is 59.3 Å². The quantitative estimate of drug-likeness (QED) is 0.661. The van der Waals surface area contributed by atoms with Crippen molar-refractivity contribution in [3.8, 4) is 5.69 Å². The number of halogens is 1. The minimum atomic E-state index is 0.0616. The Kier molecular flexibility index (Phi) is 4.85. The second-order valence-electron chi connectivity index (χ2n) is 7.45. The third-order valence-electron chi connectivity index (χ3n) is 5.72. The number of fused-ring (bicyclic) bond motifs is 3. The molecule has 1 fully saturated rings. The fourth-order valence-electron chi connectivity index (χ4n) is 4.19. The molecule has 29 heavy (non-hydrogen) atoms. The van der Waals surface area contributed by atoms with Gasteiger partial charge in [-0.05, 0) is 35.9 Å². The molecule has 8 heteroatoms. The number of hydrogen-bond acceptors (Lipinski definition) is 6. The molecular weight excluding hydrogens is 388 g/mol. The van der Waals surface area contributed by atoms with E-state index in [1.54, 1.807) is 7.11 Å². The summed E-state index contributed by atoms with van der Waals surface area (Å²) in [6.45, 7) is 3.53. The summed E-state index contributed by atoms with van der Waals surface area (Å²) in [7, 11) is 1.75. The van der Waals surface area contributed by atoms with E-state index in [0.29, 0.717) is 0 Å². The van der Waals surface area contributed by atoms with Gasteiger partial charge in [-0.2, -0.15) is 0 Å². The van der Waals surface area contributed by atoms with Gasteiger partial charge in [0.1, 0.15) is 11.6 Å². The first-order valence-electron chi connectivity index (χ1n) is 9.90. The van der Waals surface area contributed by atoms with Crippen LogP contribution in [0.5, 0.6) is 0 Å². The van der Waals surface area contributed by atoms with Crippen LogP contribution in [0, 0.1) is 0 Å². The first-order valence-corrected chi connectivity index (χ1v) is 10.3. The molecule has 2 aliphatic heterocycles. The lowest BCUT2D eigenvalue weighted by Crippen LogP contribution is -2.47. The smallest absolute Gasteiger partial charge is 0.232 e. The normalized spacial score (nSPS) is 18.9. The molecule has 0 aliphatic carbocycles. The summed E-state index contributed by atoms with van der Waals surface area (Å²) >= 11 is 6.28.